The van der Waals surface area contributed by atoms with Crippen molar-refractivity contribution in [3.63, 3.8) is 0 Å². The molecule has 3 N–H and O–H groups in total. The van der Waals surface area contributed by atoms with E-state index in [1.165, 1.54) is 11.1 Å². The van der Waals surface area contributed by atoms with Crippen LogP contribution in [-0.4, -0.2) is 31.0 Å². The monoisotopic (exact) mass is 393 g/mol. The molecular formula is C19H24BrNO3. The lowest BCUT2D eigenvalue weighted by atomic mass is 9.69. The van der Waals surface area contributed by atoms with Crippen LogP contribution in [0, 0.1) is 5.92 Å². The highest BCUT2D eigenvalue weighted by Crippen LogP contribution is 2.58. The van der Waals surface area contributed by atoms with Gasteiger partial charge in [0.25, 0.3) is 0 Å². The molecule has 0 bridgehead atoms. The number of hydrogen-bond acceptors (Lipinski definition) is 4. The minimum absolute atomic E-state index is 0.0222. The van der Waals surface area contributed by atoms with Crippen LogP contribution < -0.4 is 15.2 Å². The lowest BCUT2D eigenvalue weighted by molar-refractivity contribution is 0.0828. The SMILES string of the molecule is COc1cc(Br)c2c3c1OC1C[C@@H](O)C=CC31CCC(CCN)C2. The van der Waals surface area contributed by atoms with E-state index in [1.54, 1.807) is 7.11 Å². The summed E-state index contributed by atoms with van der Waals surface area (Å²) in [5, 5.41) is 10.1. The van der Waals surface area contributed by atoms with Crippen LogP contribution in [-0.2, 0) is 11.8 Å². The van der Waals surface area contributed by atoms with E-state index in [0.29, 0.717) is 12.3 Å². The highest BCUT2D eigenvalue weighted by Gasteiger charge is 2.53. The quantitative estimate of drug-likeness (QED) is 0.774. The first kappa shape index (κ1) is 16.4. The Hall–Kier alpha value is -1.04. The second kappa shape index (κ2) is 6.04. The molecule has 3 unspecified atom stereocenters. The summed E-state index contributed by atoms with van der Waals surface area (Å²) in [7, 11) is 1.68. The van der Waals surface area contributed by atoms with Crippen molar-refractivity contribution >= 4 is 15.9 Å². The Labute approximate surface area is 151 Å². The van der Waals surface area contributed by atoms with Crippen LogP contribution in [0.25, 0.3) is 0 Å². The van der Waals surface area contributed by atoms with E-state index < -0.39 is 6.10 Å². The van der Waals surface area contributed by atoms with Gasteiger partial charge in [0, 0.05) is 16.5 Å². The van der Waals surface area contributed by atoms with Gasteiger partial charge in [-0.15, -0.1) is 0 Å². The average molecular weight is 394 g/mol. The van der Waals surface area contributed by atoms with Gasteiger partial charge in [0.2, 0.25) is 0 Å². The summed E-state index contributed by atoms with van der Waals surface area (Å²) in [6.07, 6.45) is 8.52. The molecule has 0 radical (unpaired) electrons. The second-order valence-corrected chi connectivity index (χ2v) is 8.09. The highest BCUT2D eigenvalue weighted by atomic mass is 79.9. The van der Waals surface area contributed by atoms with E-state index in [-0.39, 0.29) is 11.5 Å². The fourth-order valence-electron chi connectivity index (χ4n) is 4.73. The molecule has 4 rings (SSSR count). The molecule has 2 aliphatic carbocycles. The minimum Gasteiger partial charge on any atom is -0.493 e. The summed E-state index contributed by atoms with van der Waals surface area (Å²) >= 11 is 3.76. The molecule has 0 aromatic heterocycles. The molecule has 1 aliphatic heterocycles. The number of ether oxygens (including phenoxy) is 2. The van der Waals surface area contributed by atoms with E-state index in [4.69, 9.17) is 15.2 Å². The molecule has 0 saturated carbocycles. The summed E-state index contributed by atoms with van der Waals surface area (Å²) < 4.78 is 13.0. The molecule has 24 heavy (non-hydrogen) atoms. The fraction of sp³-hybridized carbons (Fsp3) is 0.579. The third kappa shape index (κ3) is 2.32. The van der Waals surface area contributed by atoms with Crippen molar-refractivity contribution in [2.45, 2.75) is 49.7 Å². The third-order valence-electron chi connectivity index (χ3n) is 5.92. The number of rotatable bonds is 3. The molecule has 0 amide bonds. The topological polar surface area (TPSA) is 64.7 Å². The predicted molar refractivity (Wildman–Crippen MR) is 96.7 cm³/mol. The molecule has 130 valence electrons. The van der Waals surface area contributed by atoms with E-state index in [2.05, 4.69) is 22.0 Å². The summed E-state index contributed by atoms with van der Waals surface area (Å²) in [6.45, 7) is 0.724. The van der Waals surface area contributed by atoms with Gasteiger partial charge in [-0.1, -0.05) is 28.1 Å². The van der Waals surface area contributed by atoms with E-state index in [9.17, 15) is 5.11 Å². The number of methoxy groups -OCH3 is 1. The van der Waals surface area contributed by atoms with Crippen molar-refractivity contribution < 1.29 is 14.6 Å². The zero-order chi connectivity index (χ0) is 16.9. The van der Waals surface area contributed by atoms with Crippen LogP contribution in [0.4, 0.5) is 0 Å². The van der Waals surface area contributed by atoms with Crippen molar-refractivity contribution in [2.75, 3.05) is 13.7 Å². The molecule has 4 nitrogen and oxygen atoms in total. The third-order valence-corrected chi connectivity index (χ3v) is 6.63. The Morgan fingerprint density at radius 3 is 3.08 bits per heavy atom. The molecule has 4 atom stereocenters. The Morgan fingerprint density at radius 2 is 2.33 bits per heavy atom. The van der Waals surface area contributed by atoms with Gasteiger partial charge in [0.1, 0.15) is 6.10 Å². The lowest BCUT2D eigenvalue weighted by Crippen LogP contribution is -2.41. The summed E-state index contributed by atoms with van der Waals surface area (Å²) in [5.74, 6) is 2.23. The van der Waals surface area contributed by atoms with E-state index in [1.807, 2.05) is 12.1 Å². The molecular weight excluding hydrogens is 370 g/mol. The van der Waals surface area contributed by atoms with Crippen LogP contribution >= 0.6 is 15.9 Å². The first-order valence-corrected chi connectivity index (χ1v) is 9.52. The van der Waals surface area contributed by atoms with Gasteiger partial charge in [-0.3, -0.25) is 0 Å². The highest BCUT2D eigenvalue weighted by molar-refractivity contribution is 9.10. The van der Waals surface area contributed by atoms with Crippen molar-refractivity contribution in [1.82, 2.24) is 0 Å². The molecule has 5 heteroatoms. The van der Waals surface area contributed by atoms with Crippen LogP contribution in [0.2, 0.25) is 0 Å². The van der Waals surface area contributed by atoms with Gasteiger partial charge in [-0.2, -0.15) is 0 Å². The largest absolute Gasteiger partial charge is 0.493 e. The van der Waals surface area contributed by atoms with Crippen molar-refractivity contribution in [3.05, 3.63) is 33.8 Å². The number of nitrogens with two attached hydrogens (primary N) is 1. The number of aliphatic hydroxyl groups is 1. The van der Waals surface area contributed by atoms with Crippen molar-refractivity contribution in [2.24, 2.45) is 11.7 Å². The number of aliphatic hydroxyl groups excluding tert-OH is 1. The molecule has 0 saturated heterocycles. The van der Waals surface area contributed by atoms with Crippen molar-refractivity contribution in [1.29, 1.82) is 0 Å². The molecule has 1 spiro atoms. The molecule has 1 heterocycles. The maximum atomic E-state index is 10.1. The molecule has 1 aromatic carbocycles. The zero-order valence-corrected chi connectivity index (χ0v) is 15.5. The smallest absolute Gasteiger partial charge is 0.166 e. The summed E-state index contributed by atoms with van der Waals surface area (Å²) in [6, 6.07) is 2.02. The van der Waals surface area contributed by atoms with Gasteiger partial charge in [-0.05, 0) is 49.8 Å². The minimum atomic E-state index is -0.434. The second-order valence-electron chi connectivity index (χ2n) is 7.24. The molecule has 0 fully saturated rings. The normalized spacial score (nSPS) is 33.4. The van der Waals surface area contributed by atoms with Crippen LogP contribution in [0.3, 0.4) is 0 Å². The van der Waals surface area contributed by atoms with Crippen LogP contribution in [0.15, 0.2) is 22.7 Å². The van der Waals surface area contributed by atoms with Crippen LogP contribution in [0.1, 0.15) is 36.8 Å². The first-order chi connectivity index (χ1) is 11.6. The van der Waals surface area contributed by atoms with Gasteiger partial charge in [0.05, 0.1) is 18.6 Å². The molecule has 1 aromatic rings. The van der Waals surface area contributed by atoms with Gasteiger partial charge >= 0.3 is 0 Å². The van der Waals surface area contributed by atoms with Gasteiger partial charge < -0.3 is 20.3 Å². The maximum absolute atomic E-state index is 10.1. The van der Waals surface area contributed by atoms with E-state index >= 15 is 0 Å². The lowest BCUT2D eigenvalue weighted by Gasteiger charge is -2.36. The maximum Gasteiger partial charge on any atom is 0.166 e. The van der Waals surface area contributed by atoms with Gasteiger partial charge in [-0.25, -0.2) is 0 Å². The average Bonchev–Trinajstić information content (AvgIpc) is 2.79. The Bertz CT molecular complexity index is 690. The predicted octanol–water partition coefficient (Wildman–Crippen LogP) is 3.08. The fourth-order valence-corrected chi connectivity index (χ4v) is 5.30. The molecule has 3 aliphatic rings. The van der Waals surface area contributed by atoms with Crippen molar-refractivity contribution in [3.8, 4) is 11.5 Å². The van der Waals surface area contributed by atoms with Crippen LogP contribution in [0.5, 0.6) is 11.5 Å². The number of halogens is 1. The summed E-state index contributed by atoms with van der Waals surface area (Å²) in [5.41, 5.74) is 8.28. The van der Waals surface area contributed by atoms with E-state index in [0.717, 1.165) is 48.2 Å². The van der Waals surface area contributed by atoms with Gasteiger partial charge in [0.15, 0.2) is 11.5 Å². The Morgan fingerprint density at radius 1 is 1.50 bits per heavy atom. The first-order valence-electron chi connectivity index (χ1n) is 8.73. The zero-order valence-electron chi connectivity index (χ0n) is 13.9. The number of hydrogen-bond donors (Lipinski definition) is 2. The summed E-state index contributed by atoms with van der Waals surface area (Å²) in [4.78, 5) is 0. The Kier molecular flexibility index (Phi) is 4.14. The Balaban J connectivity index is 1.92. The number of benzene rings is 1. The standard InChI is InChI=1S/C19H24BrNO3/c1-23-15-10-14(20)13-8-11(4-7-21)2-5-19-6-3-12(22)9-16(19)24-18(15)17(13)19/h3,6,10-12,16,22H,2,4-5,7-9,21H2,1H3/t11?,12-,16?,19?/m0/s1.